The highest BCUT2D eigenvalue weighted by atomic mass is 32.2. The van der Waals surface area contributed by atoms with E-state index in [1.807, 2.05) is 0 Å². The van der Waals surface area contributed by atoms with Crippen molar-refractivity contribution in [1.29, 1.82) is 0 Å². The summed E-state index contributed by atoms with van der Waals surface area (Å²) in [5, 5.41) is 0. The minimum Gasteiger partial charge on any atom is -0.285 e. The summed E-state index contributed by atoms with van der Waals surface area (Å²) in [6.07, 6.45) is 0. The lowest BCUT2D eigenvalue weighted by Crippen LogP contribution is -2.26. The number of hydrogen-bond acceptors (Lipinski definition) is 2. The van der Waals surface area contributed by atoms with Crippen LogP contribution in [0.4, 0.5) is 0 Å². The fraction of sp³-hybridized carbons (Fsp3) is 1.00. The molecule has 0 unspecified atom stereocenters. The fourth-order valence-electron chi connectivity index (χ4n) is 0. The zero-order valence-corrected chi connectivity index (χ0v) is 24.0. The van der Waals surface area contributed by atoms with Gasteiger partial charge in [-0.15, -0.1) is 0 Å². The van der Waals surface area contributed by atoms with E-state index >= 15 is 0 Å². The Morgan fingerprint density at radius 1 is 0.393 bits per heavy atom. The lowest BCUT2D eigenvalue weighted by Gasteiger charge is -2.12. The molecule has 0 aliphatic heterocycles. The summed E-state index contributed by atoms with van der Waals surface area (Å²) in [7, 11) is -3.84. The van der Waals surface area contributed by atoms with Crippen LogP contribution in [0, 0.1) is 21.7 Å². The Hall–Kier alpha value is -0.0900. The zero-order valence-electron chi connectivity index (χ0n) is 23.2. The van der Waals surface area contributed by atoms with Gasteiger partial charge < -0.3 is 0 Å². The third kappa shape index (κ3) is 203. The molecule has 0 saturated heterocycles. The Morgan fingerprint density at radius 3 is 0.429 bits per heavy atom. The lowest BCUT2D eigenvalue weighted by atomic mass is 10.0. The van der Waals surface area contributed by atoms with Gasteiger partial charge in [0.2, 0.25) is 0 Å². The topological polar surface area (TPSA) is 54.4 Å². The summed E-state index contributed by atoms with van der Waals surface area (Å²) in [6.45, 7) is 39.3. The van der Waals surface area contributed by atoms with Gasteiger partial charge in [0, 0.05) is 0 Å². The molecule has 0 rings (SSSR count). The third-order valence-electron chi connectivity index (χ3n) is 0.774. The Kier molecular flexibility index (Phi) is 19.3. The summed E-state index contributed by atoms with van der Waals surface area (Å²) >= 11 is 0. The highest BCUT2D eigenvalue weighted by Gasteiger charge is 2.25. The second-order valence-electron chi connectivity index (χ2n) is 14.6. The van der Waals surface area contributed by atoms with E-state index in [2.05, 4.69) is 111 Å². The molecular weight excluding hydrogens is 368 g/mol. The van der Waals surface area contributed by atoms with Gasteiger partial charge in [-0.2, -0.15) is 8.42 Å². The van der Waals surface area contributed by atoms with Gasteiger partial charge in [-0.1, -0.05) is 111 Å². The summed E-state index contributed by atoms with van der Waals surface area (Å²) in [5.41, 5.74) is 2.00. The summed E-state index contributed by atoms with van der Waals surface area (Å²) in [5.74, 6) is 0. The van der Waals surface area contributed by atoms with Crippen LogP contribution in [0.15, 0.2) is 0 Å². The van der Waals surface area contributed by atoms with Crippen LogP contribution < -0.4 is 0 Å². The molecule has 0 aliphatic carbocycles. The van der Waals surface area contributed by atoms with Gasteiger partial charge in [0.15, 0.2) is 0 Å². The van der Waals surface area contributed by atoms with Gasteiger partial charge in [0.25, 0.3) is 10.1 Å². The molecule has 0 aliphatic rings. The molecule has 0 aromatic carbocycles. The maximum Gasteiger partial charge on any atom is 0.269 e. The Morgan fingerprint density at radius 2 is 0.429 bits per heavy atom. The average molecular weight is 427 g/mol. The van der Waals surface area contributed by atoms with Crippen molar-refractivity contribution in [3.8, 4) is 0 Å². The van der Waals surface area contributed by atoms with Crippen LogP contribution in [0.2, 0.25) is 0 Å². The third-order valence-corrected chi connectivity index (χ3v) is 2.32. The van der Waals surface area contributed by atoms with E-state index in [0.29, 0.717) is 21.7 Å². The molecule has 28 heavy (non-hydrogen) atoms. The van der Waals surface area contributed by atoms with E-state index in [1.165, 1.54) is 20.8 Å². The molecule has 4 heteroatoms. The van der Waals surface area contributed by atoms with E-state index < -0.39 is 14.9 Å². The molecule has 3 nitrogen and oxygen atoms in total. The van der Waals surface area contributed by atoms with Crippen LogP contribution in [-0.2, 0) is 10.1 Å². The van der Waals surface area contributed by atoms with Gasteiger partial charge in [-0.05, 0) is 42.4 Å². The second kappa shape index (κ2) is 14.0. The van der Waals surface area contributed by atoms with Crippen molar-refractivity contribution in [3.05, 3.63) is 0 Å². The fourth-order valence-corrected chi connectivity index (χ4v) is 0. The monoisotopic (exact) mass is 426 g/mol. The zero-order chi connectivity index (χ0) is 25.0. The maximum atomic E-state index is 10.2. The van der Waals surface area contributed by atoms with Crippen molar-refractivity contribution in [2.75, 3.05) is 0 Å². The Bertz CT molecular complexity index is 369. The first-order valence-corrected chi connectivity index (χ1v) is 11.7. The van der Waals surface area contributed by atoms with Gasteiger partial charge in [-0.3, -0.25) is 4.55 Å². The van der Waals surface area contributed by atoms with Crippen LogP contribution in [-0.4, -0.2) is 17.7 Å². The minimum atomic E-state index is -3.84. The van der Waals surface area contributed by atoms with E-state index in [1.54, 1.807) is 0 Å². The molecule has 0 amide bonds. The Labute approximate surface area is 181 Å². The summed E-state index contributed by atoms with van der Waals surface area (Å²) in [4.78, 5) is 0. The van der Waals surface area contributed by atoms with E-state index in [-0.39, 0.29) is 0 Å². The van der Waals surface area contributed by atoms with Crippen molar-refractivity contribution in [3.63, 3.8) is 0 Å². The van der Waals surface area contributed by atoms with E-state index in [0.717, 1.165) is 0 Å². The molecule has 0 atom stereocenters. The number of hydrogen-bond donors (Lipinski definition) is 1. The van der Waals surface area contributed by atoms with Crippen molar-refractivity contribution < 1.29 is 13.0 Å². The minimum absolute atomic E-state index is 0.500. The average Bonchev–Trinajstić information content (AvgIpc) is 1.99. The Balaban J connectivity index is -0.0000000802. The normalized spacial score (nSPS) is 12.6. The lowest BCUT2D eigenvalue weighted by molar-refractivity contribution is 0.450. The maximum absolute atomic E-state index is 10.2. The standard InChI is InChI=1S/4C5H12.C4H10O3S/c4*1-5(2,3)4;1-4(2,3)8(5,6)7/h4*1-4H3;1-3H3,(H,5,6,7). The van der Waals surface area contributed by atoms with Crippen LogP contribution in [0.5, 0.6) is 0 Å². The molecule has 0 aromatic heterocycles. The molecule has 0 fully saturated rings. The van der Waals surface area contributed by atoms with Crippen LogP contribution in [0.3, 0.4) is 0 Å². The van der Waals surface area contributed by atoms with E-state index in [9.17, 15) is 8.42 Å². The predicted molar refractivity (Wildman–Crippen MR) is 132 cm³/mol. The van der Waals surface area contributed by atoms with Gasteiger partial charge in [-0.25, -0.2) is 0 Å². The van der Waals surface area contributed by atoms with Crippen molar-refractivity contribution >= 4 is 10.1 Å². The van der Waals surface area contributed by atoms with E-state index in [4.69, 9.17) is 4.55 Å². The van der Waals surface area contributed by atoms with Gasteiger partial charge >= 0.3 is 0 Å². The molecule has 0 radical (unpaired) electrons. The molecule has 178 valence electrons. The second-order valence-corrected chi connectivity index (χ2v) is 16.8. The molecule has 0 bridgehead atoms. The molecule has 0 heterocycles. The molecule has 0 saturated carbocycles. The summed E-state index contributed by atoms with van der Waals surface area (Å²) < 4.78 is 27.7. The number of rotatable bonds is 0. The largest absolute Gasteiger partial charge is 0.285 e. The smallest absolute Gasteiger partial charge is 0.269 e. The highest BCUT2D eigenvalue weighted by Crippen LogP contribution is 2.11. The molecule has 0 spiro atoms. The summed E-state index contributed by atoms with van der Waals surface area (Å²) in [6, 6.07) is 0. The quantitative estimate of drug-likeness (QED) is 0.393. The highest BCUT2D eigenvalue weighted by molar-refractivity contribution is 7.87. The molecule has 0 aromatic rings. The van der Waals surface area contributed by atoms with Crippen LogP contribution in [0.1, 0.15) is 132 Å². The van der Waals surface area contributed by atoms with Crippen LogP contribution in [0.25, 0.3) is 0 Å². The molecular formula is C24H58O3S. The first-order valence-electron chi connectivity index (χ1n) is 10.2. The first-order chi connectivity index (χ1) is 11.2. The van der Waals surface area contributed by atoms with Gasteiger partial charge in [0.1, 0.15) is 0 Å². The predicted octanol–water partition coefficient (Wildman–Crippen LogP) is 8.88. The first kappa shape index (κ1) is 38.5. The van der Waals surface area contributed by atoms with Crippen molar-refractivity contribution in [1.82, 2.24) is 0 Å². The van der Waals surface area contributed by atoms with Crippen molar-refractivity contribution in [2.45, 2.75) is 136 Å². The van der Waals surface area contributed by atoms with Gasteiger partial charge in [0.05, 0.1) is 4.75 Å². The van der Waals surface area contributed by atoms with Crippen LogP contribution >= 0.6 is 0 Å². The molecule has 1 N–H and O–H groups in total. The van der Waals surface area contributed by atoms with Crippen molar-refractivity contribution in [2.24, 2.45) is 21.7 Å². The SMILES string of the molecule is CC(C)(C)C.CC(C)(C)C.CC(C)(C)C.CC(C)(C)C.CC(C)(C)S(=O)(=O)O.